The van der Waals surface area contributed by atoms with Crippen LogP contribution in [0.4, 0.5) is 8.78 Å². The van der Waals surface area contributed by atoms with Gasteiger partial charge < -0.3 is 0 Å². The van der Waals surface area contributed by atoms with Crippen LogP contribution in [0.5, 0.6) is 0 Å². The van der Waals surface area contributed by atoms with Crippen molar-refractivity contribution in [1.82, 2.24) is 4.98 Å². The smallest absolute Gasteiger partial charge is 0.133 e. The van der Waals surface area contributed by atoms with Gasteiger partial charge in [0.2, 0.25) is 0 Å². The summed E-state index contributed by atoms with van der Waals surface area (Å²) in [5.74, 6) is -1.11. The van der Waals surface area contributed by atoms with E-state index in [0.717, 1.165) is 59.4 Å². The molecule has 2 heterocycles. The molecular weight excluding hydrogens is 601 g/mol. The fourth-order valence-corrected chi connectivity index (χ4v) is 5.86. The van der Waals surface area contributed by atoms with Gasteiger partial charge in [-0.05, 0) is 50.0 Å². The van der Waals surface area contributed by atoms with Crippen molar-refractivity contribution in [2.75, 3.05) is 0 Å². The molecule has 5 aromatic carbocycles. The van der Waals surface area contributed by atoms with Gasteiger partial charge >= 0.3 is 0 Å². The van der Waals surface area contributed by atoms with Crippen molar-refractivity contribution in [3.8, 4) is 11.3 Å². The zero-order valence-electron chi connectivity index (χ0n) is 16.4. The molecule has 0 amide bonds. The predicted octanol–water partition coefficient (Wildman–Crippen LogP) is 7.90. The molecule has 0 unspecified atom stereocenters. The molecule has 1 aliphatic rings. The Kier molecular flexibility index (Phi) is 4.38. The molecular formula is C27H12F2IrNS-. The number of hydrogen-bond donors (Lipinski definition) is 0. The van der Waals surface area contributed by atoms with Crippen molar-refractivity contribution in [3.63, 3.8) is 0 Å². The van der Waals surface area contributed by atoms with Gasteiger partial charge in [-0.3, -0.25) is 4.98 Å². The van der Waals surface area contributed by atoms with Crippen molar-refractivity contribution in [2.24, 2.45) is 0 Å². The summed E-state index contributed by atoms with van der Waals surface area (Å²) < 4.78 is 28.5. The second-order valence-electron chi connectivity index (χ2n) is 7.80. The van der Waals surface area contributed by atoms with E-state index in [9.17, 15) is 8.78 Å². The number of aromatic nitrogens is 1. The Bertz CT molecular complexity index is 1750. The summed E-state index contributed by atoms with van der Waals surface area (Å²) in [4.78, 5) is 6.85. The second-order valence-corrected chi connectivity index (χ2v) is 8.88. The summed E-state index contributed by atoms with van der Waals surface area (Å²) >= 11 is 1.66. The Morgan fingerprint density at radius 3 is 2.47 bits per heavy atom. The third-order valence-corrected chi connectivity index (χ3v) is 7.15. The summed E-state index contributed by atoms with van der Waals surface area (Å²) in [6.07, 6.45) is 1.81. The van der Waals surface area contributed by atoms with Gasteiger partial charge in [0, 0.05) is 48.3 Å². The standard InChI is InChI=1S/C27H12F2NS.Ir/c28-16-11-20-18(23(29)12-16)6-5-17-19-7-8-30-27-22-9-14-3-1-2-4-15(14)10-24(22)31-25(26(19)27)13-21(17)20;/h1-8,10-13H;/q-1;. The number of nitrogens with zero attached hydrogens (tertiary/aromatic N) is 1. The first-order chi connectivity index (χ1) is 15.2. The Hall–Kier alpha value is -2.85. The summed E-state index contributed by atoms with van der Waals surface area (Å²) in [5, 5.41) is 7.10. The third-order valence-electron chi connectivity index (χ3n) is 6.06. The maximum Gasteiger partial charge on any atom is 0.133 e. The Labute approximate surface area is 199 Å². The van der Waals surface area contributed by atoms with Crippen LogP contribution in [0.1, 0.15) is 0 Å². The van der Waals surface area contributed by atoms with Crippen LogP contribution in [0.25, 0.3) is 54.3 Å². The van der Waals surface area contributed by atoms with Crippen LogP contribution < -0.4 is 0 Å². The summed E-state index contributed by atoms with van der Waals surface area (Å²) in [6.45, 7) is 0. The minimum Gasteiger partial charge on any atom is -0.294 e. The maximum absolute atomic E-state index is 14.4. The zero-order chi connectivity index (χ0) is 20.7. The van der Waals surface area contributed by atoms with Crippen LogP contribution in [0.15, 0.2) is 82.7 Å². The van der Waals surface area contributed by atoms with E-state index in [0.29, 0.717) is 10.8 Å². The Morgan fingerprint density at radius 2 is 1.56 bits per heavy atom. The van der Waals surface area contributed by atoms with Gasteiger partial charge in [0.15, 0.2) is 0 Å². The number of halogens is 2. The van der Waals surface area contributed by atoms with Crippen LogP contribution in [-0.4, -0.2) is 4.98 Å². The van der Waals surface area contributed by atoms with Crippen molar-refractivity contribution in [3.05, 3.63) is 90.6 Å². The number of rotatable bonds is 0. The topological polar surface area (TPSA) is 12.9 Å². The maximum atomic E-state index is 14.4. The minimum atomic E-state index is -0.569. The van der Waals surface area contributed by atoms with Crippen molar-refractivity contribution in [2.45, 2.75) is 9.79 Å². The van der Waals surface area contributed by atoms with Crippen molar-refractivity contribution in [1.29, 1.82) is 0 Å². The van der Waals surface area contributed by atoms with Gasteiger partial charge in [0.1, 0.15) is 11.6 Å². The number of pyridine rings is 1. The molecule has 1 aliphatic heterocycles. The van der Waals surface area contributed by atoms with Gasteiger partial charge in [0.25, 0.3) is 0 Å². The van der Waals surface area contributed by atoms with E-state index < -0.39 is 11.6 Å². The van der Waals surface area contributed by atoms with Gasteiger partial charge in [-0.2, -0.15) is 0 Å². The molecule has 1 radical (unpaired) electrons. The van der Waals surface area contributed by atoms with Crippen LogP contribution in [0.2, 0.25) is 0 Å². The van der Waals surface area contributed by atoms with Gasteiger partial charge in [-0.1, -0.05) is 41.3 Å². The average Bonchev–Trinajstić information content (AvgIpc) is 2.78. The van der Waals surface area contributed by atoms with E-state index in [4.69, 9.17) is 4.98 Å². The fraction of sp³-hybridized carbons (Fsp3) is 0. The van der Waals surface area contributed by atoms with E-state index in [-0.39, 0.29) is 20.1 Å². The molecule has 0 N–H and O–H groups in total. The van der Waals surface area contributed by atoms with Crippen LogP contribution in [-0.2, 0) is 20.1 Å². The molecule has 1 nitrogen and oxygen atoms in total. The Morgan fingerprint density at radius 1 is 0.750 bits per heavy atom. The van der Waals surface area contributed by atoms with Gasteiger partial charge in [-0.25, -0.2) is 8.78 Å². The second kappa shape index (κ2) is 7.08. The molecule has 0 bridgehead atoms. The predicted molar refractivity (Wildman–Crippen MR) is 123 cm³/mol. The molecule has 0 saturated carbocycles. The number of benzene rings is 5. The van der Waals surface area contributed by atoms with E-state index in [1.165, 1.54) is 6.07 Å². The molecule has 0 aliphatic carbocycles. The van der Waals surface area contributed by atoms with Crippen LogP contribution >= 0.6 is 11.8 Å². The number of fused-ring (bicyclic) bond motifs is 7. The molecule has 0 spiro atoms. The normalized spacial score (nSPS) is 12.3. The molecule has 0 saturated heterocycles. The molecule has 155 valence electrons. The quantitative estimate of drug-likeness (QED) is 0.128. The SMILES string of the molecule is Fc1cc(F)c2ccc3c4ccnc5c4c(cc3c2c1)Sc1cc2ccccc2[c-]c1-5.[Ir]. The first-order valence-corrected chi connectivity index (χ1v) is 10.8. The van der Waals surface area contributed by atoms with Gasteiger partial charge in [0.05, 0.1) is 0 Å². The summed E-state index contributed by atoms with van der Waals surface area (Å²) in [7, 11) is 0. The fourth-order valence-electron chi connectivity index (χ4n) is 4.70. The minimum absolute atomic E-state index is 0. The zero-order valence-corrected chi connectivity index (χ0v) is 19.6. The average molecular weight is 613 g/mol. The molecule has 0 atom stereocenters. The van der Waals surface area contributed by atoms with E-state index in [2.05, 4.69) is 24.3 Å². The molecule has 6 aromatic rings. The summed E-state index contributed by atoms with van der Waals surface area (Å²) in [5.41, 5.74) is 1.90. The van der Waals surface area contributed by atoms with Crippen molar-refractivity contribution < 1.29 is 28.9 Å². The molecule has 5 heteroatoms. The molecule has 0 fully saturated rings. The molecule has 1 aromatic heterocycles. The van der Waals surface area contributed by atoms with E-state index in [1.807, 2.05) is 30.3 Å². The van der Waals surface area contributed by atoms with Crippen LogP contribution in [0.3, 0.4) is 0 Å². The number of hydrogen-bond acceptors (Lipinski definition) is 2. The van der Waals surface area contributed by atoms with Gasteiger partial charge in [-0.15, -0.1) is 35.3 Å². The largest absolute Gasteiger partial charge is 0.294 e. The molecule has 7 rings (SSSR count). The van der Waals surface area contributed by atoms with E-state index in [1.54, 1.807) is 24.0 Å². The summed E-state index contributed by atoms with van der Waals surface area (Å²) in [6, 6.07) is 23.9. The Balaban J connectivity index is 0.00000196. The third kappa shape index (κ3) is 2.69. The van der Waals surface area contributed by atoms with Crippen LogP contribution in [0, 0.1) is 17.7 Å². The first-order valence-electron chi connectivity index (χ1n) is 9.94. The van der Waals surface area contributed by atoms with E-state index >= 15 is 0 Å². The first kappa shape index (κ1) is 19.8. The monoisotopic (exact) mass is 613 g/mol. The van der Waals surface area contributed by atoms with Crippen molar-refractivity contribution >= 4 is 54.9 Å². The molecule has 32 heavy (non-hydrogen) atoms.